The molecule has 4 heteroatoms. The fourth-order valence-electron chi connectivity index (χ4n) is 2.18. The van der Waals surface area contributed by atoms with Crippen molar-refractivity contribution in [1.29, 1.82) is 0 Å². The summed E-state index contributed by atoms with van der Waals surface area (Å²) in [7, 11) is 0. The topological polar surface area (TPSA) is 50.9 Å². The largest absolute Gasteiger partial charge is 0.494 e. The summed E-state index contributed by atoms with van der Waals surface area (Å²) >= 11 is 0. The number of rotatable bonds is 4. The fraction of sp³-hybridized carbons (Fsp3) is 0.462. The molecule has 1 aliphatic heterocycles. The average molecular weight is 233 g/mol. The highest BCUT2D eigenvalue weighted by Gasteiger charge is 2.26. The average Bonchev–Trinajstić information content (AvgIpc) is 2.71. The number of nitrogens with two attached hydrogens (primary N) is 1. The zero-order valence-corrected chi connectivity index (χ0v) is 10.4. The molecule has 1 aliphatic rings. The lowest BCUT2D eigenvalue weighted by Crippen LogP contribution is -2.35. The van der Waals surface area contributed by atoms with Crippen molar-refractivity contribution in [3.63, 3.8) is 0 Å². The molecular formula is C13H19N3O. The Labute approximate surface area is 102 Å². The van der Waals surface area contributed by atoms with Crippen LogP contribution in [0.2, 0.25) is 0 Å². The molecule has 92 valence electrons. The summed E-state index contributed by atoms with van der Waals surface area (Å²) in [5.74, 6) is 1.55. The number of likely N-dealkylation sites (N-methyl/N-ethyl adjacent to an activating group) is 1. The van der Waals surface area contributed by atoms with Crippen LogP contribution >= 0.6 is 0 Å². The zero-order valence-electron chi connectivity index (χ0n) is 10.4. The number of hydrogen-bond acceptors (Lipinski definition) is 4. The first-order chi connectivity index (χ1) is 8.26. The van der Waals surface area contributed by atoms with Gasteiger partial charge in [0, 0.05) is 6.54 Å². The van der Waals surface area contributed by atoms with Gasteiger partial charge in [0.15, 0.2) is 5.96 Å². The minimum atomic E-state index is 0.250. The highest BCUT2D eigenvalue weighted by atomic mass is 16.5. The molecule has 1 heterocycles. The molecule has 0 radical (unpaired) electrons. The number of guanidine groups is 1. The van der Waals surface area contributed by atoms with E-state index in [1.807, 2.05) is 19.1 Å². The fourth-order valence-corrected chi connectivity index (χ4v) is 2.18. The SMILES string of the molecule is CCOc1cccc(C2CN=C(N)N2CC)c1. The van der Waals surface area contributed by atoms with E-state index in [4.69, 9.17) is 10.5 Å². The van der Waals surface area contributed by atoms with Gasteiger partial charge in [0.05, 0.1) is 19.2 Å². The van der Waals surface area contributed by atoms with Gasteiger partial charge in [-0.2, -0.15) is 0 Å². The second kappa shape index (κ2) is 5.08. The molecule has 1 aromatic rings. The Bertz CT molecular complexity index is 417. The van der Waals surface area contributed by atoms with E-state index >= 15 is 0 Å². The summed E-state index contributed by atoms with van der Waals surface area (Å²) in [6, 6.07) is 8.42. The van der Waals surface area contributed by atoms with E-state index in [2.05, 4.69) is 28.9 Å². The number of aliphatic imine (C=N–C) groups is 1. The van der Waals surface area contributed by atoms with Crippen LogP contribution in [0.1, 0.15) is 25.5 Å². The highest BCUT2D eigenvalue weighted by molar-refractivity contribution is 5.80. The zero-order chi connectivity index (χ0) is 12.3. The standard InChI is InChI=1S/C13H19N3O/c1-3-16-12(9-15-13(16)14)10-6-5-7-11(8-10)17-4-2/h5-8,12H,3-4,9H2,1-2H3,(H2,14,15). The van der Waals surface area contributed by atoms with Crippen molar-refractivity contribution in [2.45, 2.75) is 19.9 Å². The highest BCUT2D eigenvalue weighted by Crippen LogP contribution is 2.27. The minimum Gasteiger partial charge on any atom is -0.494 e. The van der Waals surface area contributed by atoms with Gasteiger partial charge in [-0.1, -0.05) is 12.1 Å². The third kappa shape index (κ3) is 2.35. The molecule has 2 N–H and O–H groups in total. The lowest BCUT2D eigenvalue weighted by atomic mass is 10.1. The van der Waals surface area contributed by atoms with Crippen LogP contribution < -0.4 is 10.5 Å². The smallest absolute Gasteiger partial charge is 0.191 e. The molecule has 1 atom stereocenters. The van der Waals surface area contributed by atoms with E-state index in [9.17, 15) is 0 Å². The Kier molecular flexibility index (Phi) is 3.52. The quantitative estimate of drug-likeness (QED) is 0.862. The van der Waals surface area contributed by atoms with Crippen molar-refractivity contribution in [1.82, 2.24) is 4.90 Å². The lowest BCUT2D eigenvalue weighted by Gasteiger charge is -2.25. The maximum absolute atomic E-state index is 5.86. The molecular weight excluding hydrogens is 214 g/mol. The summed E-state index contributed by atoms with van der Waals surface area (Å²) in [5, 5.41) is 0. The third-order valence-electron chi connectivity index (χ3n) is 2.99. The second-order valence-electron chi connectivity index (χ2n) is 4.01. The molecule has 0 fully saturated rings. The van der Waals surface area contributed by atoms with Crippen molar-refractivity contribution in [2.75, 3.05) is 19.7 Å². The Morgan fingerprint density at radius 3 is 3.00 bits per heavy atom. The lowest BCUT2D eigenvalue weighted by molar-refractivity contribution is 0.335. The van der Waals surface area contributed by atoms with Crippen molar-refractivity contribution < 1.29 is 4.74 Å². The number of hydrogen-bond donors (Lipinski definition) is 1. The van der Waals surface area contributed by atoms with E-state index in [-0.39, 0.29) is 6.04 Å². The Morgan fingerprint density at radius 2 is 2.29 bits per heavy atom. The van der Waals surface area contributed by atoms with Crippen molar-refractivity contribution in [2.24, 2.45) is 10.7 Å². The van der Waals surface area contributed by atoms with Gasteiger partial charge in [0.25, 0.3) is 0 Å². The van der Waals surface area contributed by atoms with E-state index < -0.39 is 0 Å². The van der Waals surface area contributed by atoms with Crippen LogP contribution in [0.3, 0.4) is 0 Å². The van der Waals surface area contributed by atoms with Gasteiger partial charge in [0.1, 0.15) is 5.75 Å². The van der Waals surface area contributed by atoms with Crippen LogP contribution in [0.4, 0.5) is 0 Å². The predicted molar refractivity (Wildman–Crippen MR) is 69.2 cm³/mol. The van der Waals surface area contributed by atoms with Crippen LogP contribution in [0, 0.1) is 0 Å². The van der Waals surface area contributed by atoms with E-state index in [1.54, 1.807) is 0 Å². The molecule has 0 saturated carbocycles. The first-order valence-electron chi connectivity index (χ1n) is 6.05. The Balaban J connectivity index is 2.20. The van der Waals surface area contributed by atoms with Gasteiger partial charge in [-0.25, -0.2) is 0 Å². The Hall–Kier alpha value is -1.71. The normalized spacial score (nSPS) is 19.3. The van der Waals surface area contributed by atoms with Gasteiger partial charge >= 0.3 is 0 Å². The third-order valence-corrected chi connectivity index (χ3v) is 2.99. The van der Waals surface area contributed by atoms with Crippen molar-refractivity contribution >= 4 is 5.96 Å². The van der Waals surface area contributed by atoms with Crippen LogP contribution in [-0.2, 0) is 0 Å². The molecule has 1 aromatic carbocycles. The molecule has 0 amide bonds. The van der Waals surface area contributed by atoms with Crippen LogP contribution in [0.5, 0.6) is 5.75 Å². The maximum atomic E-state index is 5.86. The summed E-state index contributed by atoms with van der Waals surface area (Å²) < 4.78 is 5.51. The predicted octanol–water partition coefficient (Wildman–Crippen LogP) is 1.78. The van der Waals surface area contributed by atoms with Crippen LogP contribution in [0.25, 0.3) is 0 Å². The van der Waals surface area contributed by atoms with Crippen LogP contribution in [0.15, 0.2) is 29.3 Å². The first kappa shape index (κ1) is 11.8. The molecule has 17 heavy (non-hydrogen) atoms. The monoisotopic (exact) mass is 233 g/mol. The number of benzene rings is 1. The maximum Gasteiger partial charge on any atom is 0.191 e. The number of nitrogens with zero attached hydrogens (tertiary/aromatic N) is 2. The van der Waals surface area contributed by atoms with Gasteiger partial charge in [0.2, 0.25) is 0 Å². The second-order valence-corrected chi connectivity index (χ2v) is 4.01. The van der Waals surface area contributed by atoms with Crippen molar-refractivity contribution in [3.05, 3.63) is 29.8 Å². The van der Waals surface area contributed by atoms with Gasteiger partial charge in [-0.05, 0) is 31.5 Å². The molecule has 4 nitrogen and oxygen atoms in total. The molecule has 0 spiro atoms. The molecule has 0 aliphatic carbocycles. The summed E-state index contributed by atoms with van der Waals surface area (Å²) in [4.78, 5) is 6.42. The summed E-state index contributed by atoms with van der Waals surface area (Å²) in [6.45, 7) is 6.37. The molecule has 0 bridgehead atoms. The first-order valence-corrected chi connectivity index (χ1v) is 6.05. The molecule has 0 saturated heterocycles. The molecule has 0 aromatic heterocycles. The van der Waals surface area contributed by atoms with Gasteiger partial charge < -0.3 is 15.4 Å². The van der Waals surface area contributed by atoms with Gasteiger partial charge in [-0.15, -0.1) is 0 Å². The molecule has 2 rings (SSSR count). The summed E-state index contributed by atoms with van der Waals surface area (Å²) in [5.41, 5.74) is 7.07. The molecule has 1 unspecified atom stereocenters. The van der Waals surface area contributed by atoms with E-state index in [1.165, 1.54) is 5.56 Å². The summed E-state index contributed by atoms with van der Waals surface area (Å²) in [6.07, 6.45) is 0. The van der Waals surface area contributed by atoms with E-state index in [0.29, 0.717) is 12.6 Å². The number of ether oxygens (including phenoxy) is 1. The van der Waals surface area contributed by atoms with Gasteiger partial charge in [-0.3, -0.25) is 4.99 Å². The Morgan fingerprint density at radius 1 is 1.47 bits per heavy atom. The minimum absolute atomic E-state index is 0.250. The van der Waals surface area contributed by atoms with E-state index in [0.717, 1.165) is 18.8 Å². The van der Waals surface area contributed by atoms with Crippen LogP contribution in [-0.4, -0.2) is 30.6 Å². The van der Waals surface area contributed by atoms with Crippen molar-refractivity contribution in [3.8, 4) is 5.75 Å².